The summed E-state index contributed by atoms with van der Waals surface area (Å²) in [5.41, 5.74) is 8.96. The van der Waals surface area contributed by atoms with Gasteiger partial charge in [0.1, 0.15) is 0 Å². The third-order valence-electron chi connectivity index (χ3n) is 11.2. The molecule has 4 aliphatic rings. The first-order chi connectivity index (χ1) is 21.6. The average Bonchev–Trinajstić information content (AvgIpc) is 3.08. The number of benzene rings is 2. The van der Waals surface area contributed by atoms with Gasteiger partial charge in [0.15, 0.2) is 0 Å². The molecule has 5 unspecified atom stereocenters. The highest BCUT2D eigenvalue weighted by molar-refractivity contribution is 5.70. The van der Waals surface area contributed by atoms with Crippen LogP contribution in [0, 0.1) is 30.6 Å². The second-order valence-corrected chi connectivity index (χ2v) is 14.3. The number of hydrogen-bond donors (Lipinski definition) is 0. The third kappa shape index (κ3) is 7.96. The molecule has 5 atom stereocenters. The minimum absolute atomic E-state index is 0.642. The molecular weight excluding hydrogens is 530 g/mol. The minimum Gasteiger partial charge on any atom is -0.370 e. The fourth-order valence-electron chi connectivity index (χ4n) is 8.57. The zero-order chi connectivity index (χ0) is 30.1. The van der Waals surface area contributed by atoms with Crippen LogP contribution in [0.1, 0.15) is 105 Å². The Morgan fingerprint density at radius 3 is 2.59 bits per heavy atom. The quantitative estimate of drug-likeness (QED) is 0.187. The molecule has 232 valence electrons. The highest BCUT2D eigenvalue weighted by Crippen LogP contribution is 2.45. The Morgan fingerprint density at radius 1 is 0.818 bits per heavy atom. The second-order valence-electron chi connectivity index (χ2n) is 14.3. The second kappa shape index (κ2) is 15.3. The van der Waals surface area contributed by atoms with Crippen LogP contribution >= 0.6 is 0 Å². The Hall–Kier alpha value is -3.06. The molecule has 0 radical (unpaired) electrons. The Morgan fingerprint density at radius 2 is 1.70 bits per heavy atom. The van der Waals surface area contributed by atoms with Gasteiger partial charge in [0.25, 0.3) is 0 Å². The van der Waals surface area contributed by atoms with E-state index in [4.69, 9.17) is 0 Å². The highest BCUT2D eigenvalue weighted by Gasteiger charge is 2.32. The number of aryl methyl sites for hydroxylation is 2. The largest absolute Gasteiger partial charge is 0.370 e. The van der Waals surface area contributed by atoms with Crippen LogP contribution in [0.5, 0.6) is 0 Å². The normalized spacial score (nSPS) is 26.9. The van der Waals surface area contributed by atoms with Crippen molar-refractivity contribution in [2.75, 3.05) is 13.6 Å². The van der Waals surface area contributed by atoms with Gasteiger partial charge in [-0.05, 0) is 123 Å². The molecule has 2 aromatic rings. The Kier molecular flexibility index (Phi) is 10.8. The highest BCUT2D eigenvalue weighted by atomic mass is 15.1. The molecule has 1 heterocycles. The lowest BCUT2D eigenvalue weighted by atomic mass is 9.67. The molecule has 1 heteroatoms. The van der Waals surface area contributed by atoms with E-state index in [0.717, 1.165) is 30.2 Å². The van der Waals surface area contributed by atoms with Crippen molar-refractivity contribution in [3.8, 4) is 0 Å². The zero-order valence-electron chi connectivity index (χ0n) is 27.5. The van der Waals surface area contributed by atoms with E-state index >= 15 is 0 Å². The number of allylic oxidation sites excluding steroid dienone is 8. The number of rotatable bonds is 11. The fourth-order valence-corrected chi connectivity index (χ4v) is 8.57. The van der Waals surface area contributed by atoms with Crippen molar-refractivity contribution >= 4 is 5.70 Å². The molecule has 0 spiro atoms. The Bertz CT molecular complexity index is 1370. The van der Waals surface area contributed by atoms with Crippen molar-refractivity contribution in [2.24, 2.45) is 23.7 Å². The maximum atomic E-state index is 2.61. The van der Waals surface area contributed by atoms with Gasteiger partial charge in [0.05, 0.1) is 0 Å². The molecule has 1 saturated carbocycles. The lowest BCUT2D eigenvalue weighted by molar-refractivity contribution is 0.217. The number of likely N-dealkylation sites (N-methyl/N-ethyl adjacent to an activating group) is 1. The van der Waals surface area contributed by atoms with Gasteiger partial charge in [0, 0.05) is 24.9 Å². The van der Waals surface area contributed by atoms with Gasteiger partial charge in [-0.3, -0.25) is 0 Å². The first-order valence-corrected chi connectivity index (χ1v) is 17.9. The molecule has 0 bridgehead atoms. The van der Waals surface area contributed by atoms with Gasteiger partial charge < -0.3 is 4.90 Å². The Labute approximate surface area is 268 Å². The van der Waals surface area contributed by atoms with Crippen LogP contribution in [0.15, 0.2) is 103 Å². The molecule has 0 N–H and O–H groups in total. The minimum atomic E-state index is 0.642. The van der Waals surface area contributed by atoms with Crippen molar-refractivity contribution in [1.82, 2.24) is 4.90 Å². The summed E-state index contributed by atoms with van der Waals surface area (Å²) in [4.78, 5) is 2.38. The maximum absolute atomic E-state index is 2.61. The van der Waals surface area contributed by atoms with Crippen LogP contribution in [0.4, 0.5) is 0 Å². The molecule has 44 heavy (non-hydrogen) atoms. The van der Waals surface area contributed by atoms with Gasteiger partial charge in [0.2, 0.25) is 0 Å². The molecule has 0 saturated heterocycles. The van der Waals surface area contributed by atoms with Crippen molar-refractivity contribution in [3.05, 3.63) is 125 Å². The number of unbranched alkanes of at least 4 members (excludes halogenated alkanes) is 3. The lowest BCUT2D eigenvalue weighted by Gasteiger charge is -2.38. The third-order valence-corrected chi connectivity index (χ3v) is 11.2. The topological polar surface area (TPSA) is 3.24 Å². The average molecular weight is 586 g/mol. The molecule has 3 aliphatic carbocycles. The van der Waals surface area contributed by atoms with E-state index in [-0.39, 0.29) is 0 Å². The van der Waals surface area contributed by atoms with Crippen LogP contribution in [0.3, 0.4) is 0 Å². The summed E-state index contributed by atoms with van der Waals surface area (Å²) in [6, 6.07) is 18.3. The summed E-state index contributed by atoms with van der Waals surface area (Å²) in [6.45, 7) is 3.26. The molecule has 1 aliphatic heterocycles. The lowest BCUT2D eigenvalue weighted by Crippen LogP contribution is -2.26. The molecular formula is C43H55N. The van der Waals surface area contributed by atoms with Crippen molar-refractivity contribution in [1.29, 1.82) is 0 Å². The summed E-state index contributed by atoms with van der Waals surface area (Å²) in [6.07, 6.45) is 36.8. The summed E-state index contributed by atoms with van der Waals surface area (Å²) in [5, 5.41) is 0. The Balaban J connectivity index is 0.993. The van der Waals surface area contributed by atoms with E-state index in [2.05, 4.69) is 116 Å². The van der Waals surface area contributed by atoms with Crippen molar-refractivity contribution in [2.45, 2.75) is 96.3 Å². The molecule has 1 nitrogen and oxygen atoms in total. The predicted octanol–water partition coefficient (Wildman–Crippen LogP) is 11.4. The van der Waals surface area contributed by atoms with Gasteiger partial charge in [-0.2, -0.15) is 0 Å². The molecule has 0 aromatic heterocycles. The summed E-state index contributed by atoms with van der Waals surface area (Å²) >= 11 is 0. The summed E-state index contributed by atoms with van der Waals surface area (Å²) < 4.78 is 0. The molecule has 1 fully saturated rings. The molecule has 0 amide bonds. The van der Waals surface area contributed by atoms with Gasteiger partial charge in [-0.15, -0.1) is 0 Å². The smallest absolute Gasteiger partial charge is 0.0442 e. The van der Waals surface area contributed by atoms with Crippen LogP contribution in [-0.2, 0) is 6.42 Å². The van der Waals surface area contributed by atoms with Gasteiger partial charge in [-0.1, -0.05) is 116 Å². The van der Waals surface area contributed by atoms with Crippen LogP contribution in [0.25, 0.3) is 5.70 Å². The first-order valence-electron chi connectivity index (χ1n) is 17.9. The zero-order valence-corrected chi connectivity index (χ0v) is 27.5. The van der Waals surface area contributed by atoms with E-state index in [0.29, 0.717) is 5.92 Å². The van der Waals surface area contributed by atoms with Crippen LogP contribution in [0.2, 0.25) is 0 Å². The maximum Gasteiger partial charge on any atom is 0.0442 e. The standard InChI is InChI=1S/C43H55N/c1-33-26-27-41(32-42(33)43-25-10-11-28-44(43)2)40-24-14-23-39(31-40)38-22-13-21-37(30-38)36-20-12-19-35(29-36)18-7-4-3-6-15-34-16-8-5-9-17-34/h5,8-12,14,16-17,19-20,23,25-27,32,35,37-40H,3-4,6-7,13,15,18,21-22,24,28-31H2,1-2H3. The SMILES string of the molecule is Cc1ccc(C2CC=CC(C3CCCC(C4=CC=CC(CCCCCCc5ccccc5)C4)C3)C2)cc1C1=CC=CCN1C. The van der Waals surface area contributed by atoms with Crippen molar-refractivity contribution in [3.63, 3.8) is 0 Å². The van der Waals surface area contributed by atoms with Crippen molar-refractivity contribution < 1.29 is 0 Å². The van der Waals surface area contributed by atoms with E-state index in [1.54, 1.807) is 11.1 Å². The van der Waals surface area contributed by atoms with Gasteiger partial charge in [-0.25, -0.2) is 0 Å². The number of nitrogens with zero attached hydrogens (tertiary/aromatic N) is 1. The van der Waals surface area contributed by atoms with Crippen LogP contribution in [-0.4, -0.2) is 18.5 Å². The van der Waals surface area contributed by atoms with E-state index in [1.807, 2.05) is 0 Å². The van der Waals surface area contributed by atoms with E-state index in [9.17, 15) is 0 Å². The number of hydrogen-bond acceptors (Lipinski definition) is 1. The van der Waals surface area contributed by atoms with E-state index < -0.39 is 0 Å². The van der Waals surface area contributed by atoms with Gasteiger partial charge >= 0.3 is 0 Å². The van der Waals surface area contributed by atoms with E-state index in [1.165, 1.54) is 106 Å². The predicted molar refractivity (Wildman–Crippen MR) is 190 cm³/mol. The summed E-state index contributed by atoms with van der Waals surface area (Å²) in [7, 11) is 2.22. The fraction of sp³-hybridized carbons (Fsp3) is 0.488. The monoisotopic (exact) mass is 585 g/mol. The molecule has 6 rings (SSSR count). The van der Waals surface area contributed by atoms with Crippen LogP contribution < -0.4 is 0 Å². The summed E-state index contributed by atoms with van der Waals surface area (Å²) in [5.74, 6) is 3.77. The first kappa shape index (κ1) is 30.9. The molecule has 2 aromatic carbocycles.